The highest BCUT2D eigenvalue weighted by Gasteiger charge is 1.68. The fourth-order valence-corrected chi connectivity index (χ4v) is 0.850. The van der Waals surface area contributed by atoms with Crippen molar-refractivity contribution in [2.45, 2.75) is 6.92 Å². The fourth-order valence-electron chi connectivity index (χ4n) is 0.0945. The maximum absolute atomic E-state index is 5.31. The van der Waals surface area contributed by atoms with Gasteiger partial charge in [-0.05, 0) is 6.16 Å². The molecule has 1 unspecified atom stereocenters. The average Bonchev–Trinajstić information content (AvgIpc) is 1.41. The summed E-state index contributed by atoms with van der Waals surface area (Å²) in [6, 6.07) is 0. The highest BCUT2D eigenvalue weighted by molar-refractivity contribution is 7.40. The van der Waals surface area contributed by atoms with Crippen molar-refractivity contribution in [2.24, 2.45) is 0 Å². The summed E-state index contributed by atoms with van der Waals surface area (Å²) in [6.07, 6.45) is 1.24. The molecule has 0 aromatic carbocycles. The zero-order valence-electron chi connectivity index (χ0n) is 3.29. The third kappa shape index (κ3) is 4.72. The van der Waals surface area contributed by atoms with Gasteiger partial charge in [-0.2, -0.15) is 0 Å². The van der Waals surface area contributed by atoms with Gasteiger partial charge in [-0.15, -0.1) is 20.2 Å². The van der Waals surface area contributed by atoms with Gasteiger partial charge < -0.3 is 0 Å². The molecule has 0 radical (unpaired) electrons. The number of hydrogen-bond donors (Lipinski definition) is 0. The topological polar surface area (TPSA) is 0 Å². The molecule has 0 saturated carbocycles. The molecule has 0 heterocycles. The molecule has 0 aliphatic carbocycles. The van der Waals surface area contributed by atoms with Gasteiger partial charge in [0.15, 0.2) is 0 Å². The van der Waals surface area contributed by atoms with E-state index in [0.717, 1.165) is 14.2 Å². The van der Waals surface area contributed by atoms with Gasteiger partial charge in [0.1, 0.15) is 0 Å². The van der Waals surface area contributed by atoms with E-state index < -0.39 is 0 Å². The van der Waals surface area contributed by atoms with E-state index in [1.165, 1.54) is 6.16 Å². The van der Waals surface area contributed by atoms with Gasteiger partial charge in [-0.3, -0.25) is 0 Å². The third-order valence-corrected chi connectivity index (χ3v) is 1.60. The highest BCUT2D eigenvalue weighted by Crippen LogP contribution is 2.07. The summed E-state index contributed by atoms with van der Waals surface area (Å²) in [7, 11) is 0.963. The fraction of sp³-hybridized carbons (Fsp3) is 1.00. The van der Waals surface area contributed by atoms with Crippen molar-refractivity contribution in [3.63, 3.8) is 0 Å². The minimum absolute atomic E-state index is 0.844. The van der Waals surface area contributed by atoms with Crippen LogP contribution in [0.25, 0.3) is 0 Å². The Kier molecular flexibility index (Phi) is 5.40. The van der Waals surface area contributed by atoms with Gasteiger partial charge in [-0.1, -0.05) is 6.92 Å². The van der Waals surface area contributed by atoms with E-state index in [-0.39, 0.29) is 0 Å². The highest BCUT2D eigenvalue weighted by atomic mass is 35.5. The van der Waals surface area contributed by atoms with Crippen LogP contribution in [0.1, 0.15) is 6.92 Å². The first-order chi connectivity index (χ1) is 2.41. The molecule has 1 atom stereocenters. The van der Waals surface area contributed by atoms with Crippen molar-refractivity contribution in [2.75, 3.05) is 11.8 Å². The summed E-state index contributed by atoms with van der Waals surface area (Å²) in [5, 5.41) is 0. The summed E-state index contributed by atoms with van der Waals surface area (Å²) in [4.78, 5) is 0. The van der Waals surface area contributed by atoms with Gasteiger partial charge in [0.2, 0.25) is 0 Å². The van der Waals surface area contributed by atoms with Crippen LogP contribution in [0.5, 0.6) is 0 Å². The second kappa shape index (κ2) is 4.72. The maximum atomic E-state index is 5.31. The van der Waals surface area contributed by atoms with Crippen LogP contribution in [0.15, 0.2) is 0 Å². The summed E-state index contributed by atoms with van der Waals surface area (Å²) in [5.41, 5.74) is 0.844. The second-order valence-corrected chi connectivity index (χ2v) is 3.01. The molecule has 0 spiro atoms. The standard InChI is InChI=1S/C3H8ClP/c1-2-5-3-4/h5H,2-3H2,1H3. The van der Waals surface area contributed by atoms with Crippen molar-refractivity contribution in [1.29, 1.82) is 0 Å². The Morgan fingerprint density at radius 3 is 2.40 bits per heavy atom. The van der Waals surface area contributed by atoms with Gasteiger partial charge in [0.25, 0.3) is 0 Å². The van der Waals surface area contributed by atoms with Crippen molar-refractivity contribution in [3.05, 3.63) is 0 Å². The molecule has 0 saturated heterocycles. The van der Waals surface area contributed by atoms with Crippen molar-refractivity contribution < 1.29 is 0 Å². The molecule has 0 rings (SSSR count). The van der Waals surface area contributed by atoms with Crippen molar-refractivity contribution in [1.82, 2.24) is 0 Å². The first-order valence-corrected chi connectivity index (χ1v) is 3.63. The molecule has 5 heavy (non-hydrogen) atoms. The predicted molar refractivity (Wildman–Crippen MR) is 29.6 cm³/mol. The zero-order chi connectivity index (χ0) is 4.12. The average molecular weight is 111 g/mol. The predicted octanol–water partition coefficient (Wildman–Crippen LogP) is 1.88. The smallest absolute Gasteiger partial charge is 0.0395 e. The zero-order valence-corrected chi connectivity index (χ0v) is 5.05. The molecule has 0 N–H and O–H groups in total. The Morgan fingerprint density at radius 2 is 2.40 bits per heavy atom. The molecular weight excluding hydrogens is 102 g/mol. The number of halogens is 1. The van der Waals surface area contributed by atoms with E-state index in [9.17, 15) is 0 Å². The molecule has 0 aliphatic rings. The van der Waals surface area contributed by atoms with E-state index in [2.05, 4.69) is 6.92 Å². The van der Waals surface area contributed by atoms with Crippen LogP contribution in [0.3, 0.4) is 0 Å². The van der Waals surface area contributed by atoms with Gasteiger partial charge in [0, 0.05) is 5.62 Å². The molecule has 32 valence electrons. The molecule has 0 amide bonds. The molecule has 0 fully saturated rings. The first kappa shape index (κ1) is 5.72. The van der Waals surface area contributed by atoms with Crippen molar-refractivity contribution >= 4 is 20.2 Å². The van der Waals surface area contributed by atoms with E-state index in [0.29, 0.717) is 0 Å². The van der Waals surface area contributed by atoms with Crippen LogP contribution in [0.4, 0.5) is 0 Å². The number of rotatable bonds is 2. The normalized spacial score (nSPS) is 10.8. The quantitative estimate of drug-likeness (QED) is 0.376. The molecule has 0 bridgehead atoms. The Labute approximate surface area is 39.7 Å². The van der Waals surface area contributed by atoms with Crippen LogP contribution in [0.2, 0.25) is 0 Å². The van der Waals surface area contributed by atoms with E-state index in [4.69, 9.17) is 11.6 Å². The lowest BCUT2D eigenvalue weighted by molar-refractivity contribution is 1.51. The molecule has 0 aliphatic heterocycles. The summed E-state index contributed by atoms with van der Waals surface area (Å²) in [5.74, 6) is 0. The van der Waals surface area contributed by atoms with E-state index >= 15 is 0 Å². The molecular formula is C3H8ClP. The van der Waals surface area contributed by atoms with Crippen LogP contribution in [0, 0.1) is 0 Å². The first-order valence-electron chi connectivity index (χ1n) is 1.68. The lowest BCUT2D eigenvalue weighted by Gasteiger charge is -1.78. The van der Waals surface area contributed by atoms with Crippen LogP contribution in [-0.4, -0.2) is 11.8 Å². The lowest BCUT2D eigenvalue weighted by Crippen LogP contribution is -1.55. The van der Waals surface area contributed by atoms with Gasteiger partial charge >= 0.3 is 0 Å². The Hall–Kier alpha value is 0.720. The Morgan fingerprint density at radius 1 is 1.80 bits per heavy atom. The van der Waals surface area contributed by atoms with Crippen LogP contribution < -0.4 is 0 Å². The van der Waals surface area contributed by atoms with Crippen LogP contribution >= 0.6 is 20.2 Å². The molecule has 2 heteroatoms. The number of hydrogen-bond acceptors (Lipinski definition) is 0. The minimum Gasteiger partial charge on any atom is -0.122 e. The molecule has 0 aromatic rings. The maximum Gasteiger partial charge on any atom is 0.0395 e. The summed E-state index contributed by atoms with van der Waals surface area (Å²) < 4.78 is 0. The van der Waals surface area contributed by atoms with E-state index in [1.807, 2.05) is 0 Å². The summed E-state index contributed by atoms with van der Waals surface area (Å²) in [6.45, 7) is 2.14. The molecule has 0 nitrogen and oxygen atoms in total. The minimum atomic E-state index is 0.844. The lowest BCUT2D eigenvalue weighted by atomic mass is 11.0. The second-order valence-electron chi connectivity index (χ2n) is 0.737. The summed E-state index contributed by atoms with van der Waals surface area (Å²) >= 11 is 5.31. The van der Waals surface area contributed by atoms with Gasteiger partial charge in [-0.25, -0.2) is 0 Å². The van der Waals surface area contributed by atoms with E-state index in [1.54, 1.807) is 0 Å². The monoisotopic (exact) mass is 110 g/mol. The third-order valence-electron chi connectivity index (χ3n) is 0.344. The van der Waals surface area contributed by atoms with Gasteiger partial charge in [0.05, 0.1) is 0 Å². The van der Waals surface area contributed by atoms with Crippen LogP contribution in [-0.2, 0) is 0 Å². The largest absolute Gasteiger partial charge is 0.122 e. The SMILES string of the molecule is CCPCCl. The van der Waals surface area contributed by atoms with Crippen molar-refractivity contribution in [3.8, 4) is 0 Å². The molecule has 0 aromatic heterocycles. The number of alkyl halides is 1. The Balaban J connectivity index is 2.19. The Bertz CT molecular complexity index is 14.4.